The molecule has 1 N–H and O–H groups in total. The second-order valence-electron chi connectivity index (χ2n) is 11.0. The van der Waals surface area contributed by atoms with Crippen LogP contribution in [0.1, 0.15) is 44.7 Å². The highest BCUT2D eigenvalue weighted by Crippen LogP contribution is 2.32. The fraction of sp³-hybridized carbons (Fsp3) is 0.419. The fourth-order valence-corrected chi connectivity index (χ4v) is 4.78. The van der Waals surface area contributed by atoms with E-state index < -0.39 is 11.7 Å². The molecule has 2 aromatic carbocycles. The summed E-state index contributed by atoms with van der Waals surface area (Å²) in [5.74, 6) is 0.363. The minimum Gasteiger partial charge on any atom is -0.444 e. The molecule has 210 valence electrons. The topological polar surface area (TPSA) is 109 Å². The zero-order valence-electron chi connectivity index (χ0n) is 23.9. The van der Waals surface area contributed by atoms with Gasteiger partial charge in [-0.15, -0.1) is 0 Å². The highest BCUT2D eigenvalue weighted by molar-refractivity contribution is 5.80. The van der Waals surface area contributed by atoms with Crippen molar-refractivity contribution in [3.63, 3.8) is 0 Å². The summed E-state index contributed by atoms with van der Waals surface area (Å²) in [5, 5.41) is 12.3. The van der Waals surface area contributed by atoms with Crippen LogP contribution in [0.5, 0.6) is 0 Å². The van der Waals surface area contributed by atoms with Gasteiger partial charge in [0.2, 0.25) is 0 Å². The molecule has 0 bridgehead atoms. The maximum absolute atomic E-state index is 14.0. The molecule has 0 aliphatic carbocycles. The number of carbonyl (C=O) groups is 1. The summed E-state index contributed by atoms with van der Waals surface area (Å²) in [6.07, 6.45) is 0.880. The van der Waals surface area contributed by atoms with Crippen LogP contribution in [-0.4, -0.2) is 54.1 Å². The maximum Gasteiger partial charge on any atom is 0.407 e. The number of rotatable bonds is 7. The summed E-state index contributed by atoms with van der Waals surface area (Å²) in [7, 11) is 1.61. The summed E-state index contributed by atoms with van der Waals surface area (Å²) in [6, 6.07) is 17.4. The Bertz CT molecular complexity index is 1430. The Hall–Kier alpha value is -4.16. The smallest absolute Gasteiger partial charge is 0.407 e. The van der Waals surface area contributed by atoms with E-state index in [0.717, 1.165) is 16.7 Å². The van der Waals surface area contributed by atoms with Crippen molar-refractivity contribution in [3.05, 3.63) is 70.0 Å². The molecule has 1 aliphatic heterocycles. The van der Waals surface area contributed by atoms with Crippen LogP contribution in [0.15, 0.2) is 53.3 Å². The standard InChI is InChI=1S/C31H37N5O4/c1-21-6-10-24(11-7-21)27-26(23-12-8-22(20-32)9-13-23)34-28(29(37)36(27)18-19-39-5)35-16-14-25(15-17-35)33-30(38)40-31(2,3)4/h6-13,25H,14-19H2,1-5H3,(H,33,38). The monoisotopic (exact) mass is 543 g/mol. The van der Waals surface area contributed by atoms with Gasteiger partial charge in [-0.05, 0) is 52.7 Å². The molecule has 4 rings (SSSR count). The van der Waals surface area contributed by atoms with Crippen LogP contribution in [-0.2, 0) is 16.0 Å². The van der Waals surface area contributed by atoms with E-state index in [1.54, 1.807) is 23.8 Å². The van der Waals surface area contributed by atoms with E-state index >= 15 is 0 Å². The van der Waals surface area contributed by atoms with E-state index in [2.05, 4.69) is 11.4 Å². The Morgan fingerprint density at radius 3 is 2.27 bits per heavy atom. The lowest BCUT2D eigenvalue weighted by molar-refractivity contribution is 0.0497. The van der Waals surface area contributed by atoms with Crippen molar-refractivity contribution in [2.75, 3.05) is 31.7 Å². The number of nitrogens with zero attached hydrogens (tertiary/aromatic N) is 4. The Morgan fingerprint density at radius 1 is 1.07 bits per heavy atom. The van der Waals surface area contributed by atoms with Gasteiger partial charge in [0.25, 0.3) is 5.56 Å². The van der Waals surface area contributed by atoms with Crippen molar-refractivity contribution in [1.82, 2.24) is 14.9 Å². The summed E-state index contributed by atoms with van der Waals surface area (Å²) < 4.78 is 12.5. The molecule has 1 amide bonds. The molecule has 1 saturated heterocycles. The number of aromatic nitrogens is 2. The van der Waals surface area contributed by atoms with Gasteiger partial charge in [0.05, 0.1) is 29.6 Å². The van der Waals surface area contributed by atoms with E-state index in [1.807, 2.05) is 69.0 Å². The zero-order chi connectivity index (χ0) is 28.9. The number of hydrogen-bond donors (Lipinski definition) is 1. The Morgan fingerprint density at radius 2 is 1.70 bits per heavy atom. The van der Waals surface area contributed by atoms with Gasteiger partial charge in [-0.25, -0.2) is 9.78 Å². The highest BCUT2D eigenvalue weighted by Gasteiger charge is 2.28. The molecule has 2 heterocycles. The maximum atomic E-state index is 14.0. The van der Waals surface area contributed by atoms with Crippen molar-refractivity contribution in [1.29, 1.82) is 5.26 Å². The van der Waals surface area contributed by atoms with Crippen molar-refractivity contribution < 1.29 is 14.3 Å². The van der Waals surface area contributed by atoms with E-state index in [9.17, 15) is 14.9 Å². The molecule has 0 atom stereocenters. The molecular weight excluding hydrogens is 506 g/mol. The fourth-order valence-electron chi connectivity index (χ4n) is 4.78. The summed E-state index contributed by atoms with van der Waals surface area (Å²) in [5.41, 5.74) is 3.95. The van der Waals surface area contributed by atoms with Gasteiger partial charge in [-0.2, -0.15) is 5.26 Å². The molecular formula is C31H37N5O4. The predicted octanol–water partition coefficient (Wildman–Crippen LogP) is 4.90. The second-order valence-corrected chi connectivity index (χ2v) is 11.0. The van der Waals surface area contributed by atoms with Crippen molar-refractivity contribution in [3.8, 4) is 28.6 Å². The lowest BCUT2D eigenvalue weighted by atomic mass is 10.0. The molecule has 9 heteroatoms. The predicted molar refractivity (Wildman–Crippen MR) is 155 cm³/mol. The third-order valence-electron chi connectivity index (χ3n) is 6.80. The van der Waals surface area contributed by atoms with Gasteiger partial charge in [0.15, 0.2) is 5.82 Å². The van der Waals surface area contributed by atoms with E-state index in [0.29, 0.717) is 61.9 Å². The van der Waals surface area contributed by atoms with Crippen molar-refractivity contribution in [2.24, 2.45) is 0 Å². The average molecular weight is 544 g/mol. The molecule has 40 heavy (non-hydrogen) atoms. The molecule has 3 aromatic rings. The van der Waals surface area contributed by atoms with Crippen molar-refractivity contribution in [2.45, 2.75) is 58.7 Å². The molecule has 0 unspecified atom stereocenters. The number of amides is 1. The summed E-state index contributed by atoms with van der Waals surface area (Å²) >= 11 is 0. The molecule has 1 aliphatic rings. The number of alkyl carbamates (subject to hydrolysis) is 1. The Kier molecular flexibility index (Phi) is 8.90. The third-order valence-corrected chi connectivity index (χ3v) is 6.80. The lowest BCUT2D eigenvalue weighted by Gasteiger charge is -2.34. The molecule has 9 nitrogen and oxygen atoms in total. The summed E-state index contributed by atoms with van der Waals surface area (Å²) in [6.45, 7) is 9.35. The minimum atomic E-state index is -0.566. The van der Waals surface area contributed by atoms with Crippen LogP contribution in [0.3, 0.4) is 0 Å². The van der Waals surface area contributed by atoms with Gasteiger partial charge in [0, 0.05) is 43.9 Å². The van der Waals surface area contributed by atoms with Gasteiger partial charge >= 0.3 is 6.09 Å². The first kappa shape index (κ1) is 28.8. The van der Waals surface area contributed by atoms with Crippen LogP contribution in [0.4, 0.5) is 10.6 Å². The zero-order valence-corrected chi connectivity index (χ0v) is 23.9. The first-order chi connectivity index (χ1) is 19.1. The average Bonchev–Trinajstić information content (AvgIpc) is 2.92. The first-order valence-corrected chi connectivity index (χ1v) is 13.6. The highest BCUT2D eigenvalue weighted by atomic mass is 16.6. The van der Waals surface area contributed by atoms with Gasteiger partial charge in [-0.1, -0.05) is 42.0 Å². The van der Waals surface area contributed by atoms with Gasteiger partial charge < -0.3 is 24.3 Å². The number of ether oxygens (including phenoxy) is 2. The van der Waals surface area contributed by atoms with Gasteiger partial charge in [0.1, 0.15) is 5.60 Å². The minimum absolute atomic E-state index is 0.0494. The lowest BCUT2D eigenvalue weighted by Crippen LogP contribution is -2.47. The van der Waals surface area contributed by atoms with Crippen LogP contribution in [0.2, 0.25) is 0 Å². The first-order valence-electron chi connectivity index (χ1n) is 13.6. The number of anilines is 1. The van der Waals surface area contributed by atoms with Crippen LogP contribution in [0.25, 0.3) is 22.5 Å². The van der Waals surface area contributed by atoms with Crippen molar-refractivity contribution >= 4 is 11.9 Å². The molecule has 1 aromatic heterocycles. The third kappa shape index (κ3) is 6.88. The van der Waals surface area contributed by atoms with E-state index in [1.165, 1.54) is 0 Å². The Balaban J connectivity index is 1.74. The number of hydrogen-bond acceptors (Lipinski definition) is 7. The number of aryl methyl sites for hydroxylation is 1. The SMILES string of the molecule is COCCn1c(-c2ccc(C)cc2)c(-c2ccc(C#N)cc2)nc(N2CCC(NC(=O)OC(C)(C)C)CC2)c1=O. The molecule has 0 saturated carbocycles. The molecule has 0 radical (unpaired) electrons. The van der Waals surface area contributed by atoms with E-state index in [-0.39, 0.29) is 11.6 Å². The Labute approximate surface area is 235 Å². The number of methoxy groups -OCH3 is 1. The van der Waals surface area contributed by atoms with Crippen LogP contribution in [0, 0.1) is 18.3 Å². The number of nitrogens with one attached hydrogen (secondary N) is 1. The van der Waals surface area contributed by atoms with Crippen LogP contribution < -0.4 is 15.8 Å². The van der Waals surface area contributed by atoms with E-state index in [4.69, 9.17) is 14.5 Å². The van der Waals surface area contributed by atoms with Gasteiger partial charge in [-0.3, -0.25) is 4.79 Å². The number of carbonyl (C=O) groups excluding carboxylic acids is 1. The number of piperidine rings is 1. The normalized spacial score (nSPS) is 14.1. The molecule has 0 spiro atoms. The van der Waals surface area contributed by atoms with Crippen LogP contribution >= 0.6 is 0 Å². The molecule has 1 fully saturated rings. The number of nitriles is 1. The number of benzene rings is 2. The second kappa shape index (κ2) is 12.3. The quantitative estimate of drug-likeness (QED) is 0.452. The summed E-state index contributed by atoms with van der Waals surface area (Å²) in [4.78, 5) is 33.3. The largest absolute Gasteiger partial charge is 0.444 e.